The quantitative estimate of drug-likeness (QED) is 0.191. The zero-order chi connectivity index (χ0) is 25.1. The number of ether oxygens (including phenoxy) is 2. The first kappa shape index (κ1) is 25.3. The molecule has 35 heavy (non-hydrogen) atoms. The van der Waals surface area contributed by atoms with Crippen molar-refractivity contribution < 1.29 is 19.4 Å². The highest BCUT2D eigenvalue weighted by Crippen LogP contribution is 2.34. The highest BCUT2D eigenvalue weighted by Gasteiger charge is 2.39. The van der Waals surface area contributed by atoms with Crippen LogP contribution in [-0.2, 0) is 16.8 Å². The molecule has 0 radical (unpaired) electrons. The Morgan fingerprint density at radius 1 is 1.11 bits per heavy atom. The Hall–Kier alpha value is -4.34. The summed E-state index contributed by atoms with van der Waals surface area (Å²) >= 11 is 0. The van der Waals surface area contributed by atoms with Crippen molar-refractivity contribution in [1.82, 2.24) is 5.43 Å². The number of rotatable bonds is 11. The van der Waals surface area contributed by atoms with Crippen molar-refractivity contribution in [2.45, 2.75) is 18.9 Å². The topological polar surface area (TPSA) is 80.2 Å². The van der Waals surface area contributed by atoms with E-state index in [2.05, 4.69) is 23.0 Å². The number of carbonyl (C=O) groups excluding carboxylic acids is 1. The van der Waals surface area contributed by atoms with Gasteiger partial charge in [-0.15, -0.1) is 13.0 Å². The summed E-state index contributed by atoms with van der Waals surface area (Å²) in [6.45, 7) is 6.20. The second kappa shape index (κ2) is 12.2. The molecule has 0 fully saturated rings. The van der Waals surface area contributed by atoms with Crippen molar-refractivity contribution in [2.75, 3.05) is 13.2 Å². The van der Waals surface area contributed by atoms with Crippen molar-refractivity contribution in [3.05, 3.63) is 108 Å². The molecule has 6 heteroatoms. The third kappa shape index (κ3) is 5.97. The van der Waals surface area contributed by atoms with E-state index < -0.39 is 11.5 Å². The summed E-state index contributed by atoms with van der Waals surface area (Å²) in [5.41, 5.74) is 2.91. The average molecular weight is 469 g/mol. The van der Waals surface area contributed by atoms with Crippen LogP contribution in [0.1, 0.15) is 29.2 Å². The Morgan fingerprint density at radius 2 is 1.74 bits per heavy atom. The smallest absolute Gasteiger partial charge is 0.281 e. The molecule has 0 saturated heterocycles. The molecular weight excluding hydrogens is 440 g/mol. The van der Waals surface area contributed by atoms with Gasteiger partial charge in [-0.2, -0.15) is 5.10 Å². The highest BCUT2D eigenvalue weighted by atomic mass is 16.5. The van der Waals surface area contributed by atoms with E-state index in [1.165, 1.54) is 6.21 Å². The van der Waals surface area contributed by atoms with Gasteiger partial charge in [0.15, 0.2) is 17.1 Å². The molecule has 0 unspecified atom stereocenters. The molecular formula is C29H28N2O4. The number of hydrogen-bond acceptors (Lipinski definition) is 5. The Balaban J connectivity index is 1.91. The van der Waals surface area contributed by atoms with Gasteiger partial charge in [-0.1, -0.05) is 72.7 Å². The maximum atomic E-state index is 13.2. The maximum Gasteiger partial charge on any atom is 0.281 e. The molecule has 3 aromatic rings. The van der Waals surface area contributed by atoms with Crippen molar-refractivity contribution >= 4 is 12.1 Å². The molecule has 0 aliphatic carbocycles. The summed E-state index contributed by atoms with van der Waals surface area (Å²) in [6.07, 6.45) is 9.10. The molecule has 2 N–H and O–H groups in total. The lowest BCUT2D eigenvalue weighted by Crippen LogP contribution is -2.43. The van der Waals surface area contributed by atoms with Crippen molar-refractivity contribution in [3.8, 4) is 23.8 Å². The zero-order valence-electron chi connectivity index (χ0n) is 19.6. The third-order valence-electron chi connectivity index (χ3n) is 5.21. The molecule has 0 atom stereocenters. The van der Waals surface area contributed by atoms with Crippen molar-refractivity contribution in [1.29, 1.82) is 0 Å². The number of hydrogen-bond donors (Lipinski definition) is 2. The summed E-state index contributed by atoms with van der Waals surface area (Å²) in [4.78, 5) is 13.2. The predicted octanol–water partition coefficient (Wildman–Crippen LogP) is 4.21. The van der Waals surface area contributed by atoms with Crippen LogP contribution >= 0.6 is 0 Å². The lowest BCUT2D eigenvalue weighted by atomic mass is 9.85. The summed E-state index contributed by atoms with van der Waals surface area (Å²) in [5.74, 6) is 2.84. The highest BCUT2D eigenvalue weighted by molar-refractivity contribution is 5.91. The summed E-state index contributed by atoms with van der Waals surface area (Å²) < 4.78 is 11.4. The molecule has 3 rings (SSSR count). The SMILES string of the molecule is C#CCOc1c(CC=C)cc(/C=N\NC(=O)C(O)(c2ccccc2)c2ccccc2)cc1OCC. The molecule has 178 valence electrons. The Bertz CT molecular complexity index is 1180. The first-order chi connectivity index (χ1) is 17.0. The number of hydrazone groups is 1. The van der Waals surface area contributed by atoms with Crippen LogP contribution in [0.2, 0.25) is 0 Å². The third-order valence-corrected chi connectivity index (χ3v) is 5.21. The number of nitrogens with one attached hydrogen (secondary N) is 1. The molecule has 1 amide bonds. The number of nitrogens with zero attached hydrogens (tertiary/aromatic N) is 1. The van der Waals surface area contributed by atoms with Crippen molar-refractivity contribution in [3.63, 3.8) is 0 Å². The summed E-state index contributed by atoms with van der Waals surface area (Å²) in [7, 11) is 0. The number of aliphatic hydroxyl groups is 1. The van der Waals surface area contributed by atoms with Crippen LogP contribution in [-0.4, -0.2) is 30.4 Å². The lowest BCUT2D eigenvalue weighted by molar-refractivity contribution is -0.136. The number of allylic oxidation sites excluding steroid dienone is 1. The zero-order valence-corrected chi connectivity index (χ0v) is 19.6. The molecule has 0 spiro atoms. The largest absolute Gasteiger partial charge is 0.490 e. The van der Waals surface area contributed by atoms with E-state index in [0.717, 1.165) is 5.56 Å². The van der Waals surface area contributed by atoms with Crippen LogP contribution in [0.3, 0.4) is 0 Å². The van der Waals surface area contributed by atoms with E-state index in [4.69, 9.17) is 15.9 Å². The van der Waals surface area contributed by atoms with Crippen LogP contribution < -0.4 is 14.9 Å². The Kier molecular flexibility index (Phi) is 8.82. The maximum absolute atomic E-state index is 13.2. The van der Waals surface area contributed by atoms with E-state index in [-0.39, 0.29) is 6.61 Å². The van der Waals surface area contributed by atoms with Crippen LogP contribution in [0, 0.1) is 12.3 Å². The van der Waals surface area contributed by atoms with E-state index in [1.807, 2.05) is 25.1 Å². The van der Waals surface area contributed by atoms with Gasteiger partial charge in [-0.3, -0.25) is 4.79 Å². The van der Waals surface area contributed by atoms with Gasteiger partial charge >= 0.3 is 0 Å². The number of benzene rings is 3. The van der Waals surface area contributed by atoms with Crippen LogP contribution in [0.4, 0.5) is 0 Å². The van der Waals surface area contributed by atoms with Gasteiger partial charge < -0.3 is 14.6 Å². The molecule has 0 aliphatic rings. The van der Waals surface area contributed by atoms with E-state index >= 15 is 0 Å². The second-order valence-corrected chi connectivity index (χ2v) is 7.57. The monoisotopic (exact) mass is 468 g/mol. The molecule has 0 bridgehead atoms. The van der Waals surface area contributed by atoms with Gasteiger partial charge in [-0.05, 0) is 42.2 Å². The lowest BCUT2D eigenvalue weighted by Gasteiger charge is -2.27. The number of terminal acetylenes is 1. The van der Waals surface area contributed by atoms with Crippen molar-refractivity contribution in [2.24, 2.45) is 5.10 Å². The average Bonchev–Trinajstić information content (AvgIpc) is 2.89. The Morgan fingerprint density at radius 3 is 2.29 bits per heavy atom. The number of amides is 1. The van der Waals surface area contributed by atoms with Crippen LogP contribution in [0.25, 0.3) is 0 Å². The van der Waals surface area contributed by atoms with Gasteiger partial charge in [0.2, 0.25) is 0 Å². The van der Waals surface area contributed by atoms with Gasteiger partial charge in [0.05, 0.1) is 12.8 Å². The standard InChI is InChI=1S/C29H28N2O4/c1-4-13-23-19-22(20-26(34-6-3)27(23)35-18-5-2)21-30-31-28(32)29(33,24-14-9-7-10-15-24)25-16-11-8-12-17-25/h2,4,7-12,14-17,19-21,33H,1,6,13,18H2,3H3,(H,31,32)/b30-21-. The van der Waals surface area contributed by atoms with Gasteiger partial charge in [0.25, 0.3) is 5.91 Å². The predicted molar refractivity (Wildman–Crippen MR) is 137 cm³/mol. The van der Waals surface area contributed by atoms with Crippen LogP contribution in [0.15, 0.2) is 90.6 Å². The molecule has 3 aromatic carbocycles. The second-order valence-electron chi connectivity index (χ2n) is 7.57. The molecule has 0 saturated carbocycles. The number of carbonyl (C=O) groups is 1. The van der Waals surface area contributed by atoms with Crippen LogP contribution in [0.5, 0.6) is 11.5 Å². The van der Waals surface area contributed by atoms with E-state index in [0.29, 0.717) is 41.2 Å². The fourth-order valence-electron chi connectivity index (χ4n) is 3.64. The molecule has 6 nitrogen and oxygen atoms in total. The first-order valence-corrected chi connectivity index (χ1v) is 11.2. The minimum absolute atomic E-state index is 0.102. The van der Waals surface area contributed by atoms with Gasteiger partial charge in [0, 0.05) is 5.56 Å². The van der Waals surface area contributed by atoms with Gasteiger partial charge in [0.1, 0.15) is 6.61 Å². The molecule has 0 aromatic heterocycles. The fourth-order valence-corrected chi connectivity index (χ4v) is 3.64. The minimum atomic E-state index is -1.92. The summed E-state index contributed by atoms with van der Waals surface area (Å²) in [6, 6.07) is 21.1. The normalized spacial score (nSPS) is 11.0. The molecule has 0 aliphatic heterocycles. The van der Waals surface area contributed by atoms with E-state index in [9.17, 15) is 9.90 Å². The fraction of sp³-hybridized carbons (Fsp3) is 0.172. The van der Waals surface area contributed by atoms with E-state index in [1.54, 1.807) is 60.7 Å². The summed E-state index contributed by atoms with van der Waals surface area (Å²) in [5, 5.41) is 15.6. The molecule has 0 heterocycles. The van der Waals surface area contributed by atoms with Gasteiger partial charge in [-0.25, -0.2) is 5.43 Å². The Labute approximate surface area is 205 Å². The minimum Gasteiger partial charge on any atom is -0.490 e. The first-order valence-electron chi connectivity index (χ1n) is 11.2.